The van der Waals surface area contributed by atoms with Crippen LogP contribution < -0.4 is 5.32 Å². The molecule has 1 N–H and O–H groups in total. The Kier molecular flexibility index (Phi) is 5.28. The molecule has 162 valence electrons. The van der Waals surface area contributed by atoms with E-state index in [-0.39, 0.29) is 23.6 Å². The summed E-state index contributed by atoms with van der Waals surface area (Å²) in [4.78, 5) is 43.8. The van der Waals surface area contributed by atoms with Gasteiger partial charge in [-0.1, -0.05) is 24.3 Å². The SMILES string of the molecule is O=C(Nc1ccccc1Cc1cccnc1)c1ccc2c(c1)C(=O)N(Cc1ccco1)C2=O. The lowest BCUT2D eigenvalue weighted by atomic mass is 10.0. The fourth-order valence-electron chi connectivity index (χ4n) is 3.85. The van der Waals surface area contributed by atoms with Crippen molar-refractivity contribution in [2.75, 3.05) is 5.32 Å². The second-order valence-electron chi connectivity index (χ2n) is 7.69. The van der Waals surface area contributed by atoms with Crippen molar-refractivity contribution in [3.8, 4) is 0 Å². The van der Waals surface area contributed by atoms with Gasteiger partial charge in [-0.25, -0.2) is 0 Å². The van der Waals surface area contributed by atoms with Gasteiger partial charge >= 0.3 is 0 Å². The Bertz CT molecular complexity index is 1350. The van der Waals surface area contributed by atoms with Crippen molar-refractivity contribution in [3.05, 3.63) is 119 Å². The van der Waals surface area contributed by atoms with Crippen molar-refractivity contribution in [2.24, 2.45) is 0 Å². The second-order valence-corrected chi connectivity index (χ2v) is 7.69. The Morgan fingerprint density at radius 2 is 1.79 bits per heavy atom. The fraction of sp³-hybridized carbons (Fsp3) is 0.0769. The van der Waals surface area contributed by atoms with Crippen LogP contribution >= 0.6 is 0 Å². The summed E-state index contributed by atoms with van der Waals surface area (Å²) in [5.74, 6) is -0.702. The van der Waals surface area contributed by atoms with Gasteiger partial charge in [-0.2, -0.15) is 0 Å². The number of rotatable bonds is 6. The number of furan rings is 1. The lowest BCUT2D eigenvalue weighted by molar-refractivity contribution is 0.0631. The topological polar surface area (TPSA) is 92.5 Å². The highest BCUT2D eigenvalue weighted by atomic mass is 16.3. The zero-order chi connectivity index (χ0) is 22.8. The third kappa shape index (κ3) is 4.04. The van der Waals surface area contributed by atoms with Crippen molar-refractivity contribution in [3.63, 3.8) is 0 Å². The molecule has 0 saturated carbocycles. The van der Waals surface area contributed by atoms with Gasteiger partial charge in [-0.15, -0.1) is 0 Å². The Morgan fingerprint density at radius 1 is 0.939 bits per heavy atom. The van der Waals surface area contributed by atoms with Crippen LogP contribution in [0.2, 0.25) is 0 Å². The van der Waals surface area contributed by atoms with Gasteiger partial charge in [0, 0.05) is 30.1 Å². The number of pyridine rings is 1. The summed E-state index contributed by atoms with van der Waals surface area (Å²) >= 11 is 0. The molecule has 7 heteroatoms. The zero-order valence-electron chi connectivity index (χ0n) is 17.5. The van der Waals surface area contributed by atoms with Crippen molar-refractivity contribution < 1.29 is 18.8 Å². The van der Waals surface area contributed by atoms with Crippen LogP contribution in [-0.2, 0) is 13.0 Å². The van der Waals surface area contributed by atoms with Crippen LogP contribution in [0.15, 0.2) is 89.8 Å². The molecule has 0 aliphatic carbocycles. The highest BCUT2D eigenvalue weighted by molar-refractivity contribution is 6.22. The first-order valence-electron chi connectivity index (χ1n) is 10.4. The first-order valence-corrected chi connectivity index (χ1v) is 10.4. The molecule has 7 nitrogen and oxygen atoms in total. The molecular formula is C26H19N3O4. The number of hydrogen-bond acceptors (Lipinski definition) is 5. The quantitative estimate of drug-likeness (QED) is 0.454. The van der Waals surface area contributed by atoms with Crippen LogP contribution in [-0.4, -0.2) is 27.6 Å². The maximum Gasteiger partial charge on any atom is 0.261 e. The van der Waals surface area contributed by atoms with Gasteiger partial charge in [-0.3, -0.25) is 24.3 Å². The number of aromatic nitrogens is 1. The van der Waals surface area contributed by atoms with E-state index in [4.69, 9.17) is 4.42 Å². The molecular weight excluding hydrogens is 418 g/mol. The number of carbonyl (C=O) groups excluding carboxylic acids is 3. The van der Waals surface area contributed by atoms with E-state index in [1.165, 1.54) is 18.4 Å². The first-order chi connectivity index (χ1) is 16.1. The highest BCUT2D eigenvalue weighted by Gasteiger charge is 2.36. The molecule has 2 aromatic carbocycles. The third-order valence-electron chi connectivity index (χ3n) is 5.51. The summed E-state index contributed by atoms with van der Waals surface area (Å²) in [5.41, 5.74) is 3.43. The lowest BCUT2D eigenvalue weighted by Gasteiger charge is -2.12. The van der Waals surface area contributed by atoms with E-state index in [0.717, 1.165) is 16.0 Å². The molecule has 3 amide bonds. The summed E-state index contributed by atoms with van der Waals surface area (Å²) in [6.07, 6.45) is 5.61. The number of amides is 3. The molecule has 2 aromatic heterocycles. The van der Waals surface area contributed by atoms with Crippen LogP contribution in [0, 0.1) is 0 Å². The van der Waals surface area contributed by atoms with Gasteiger partial charge in [0.05, 0.1) is 23.9 Å². The van der Waals surface area contributed by atoms with E-state index >= 15 is 0 Å². The normalized spacial score (nSPS) is 12.7. The largest absolute Gasteiger partial charge is 0.467 e. The maximum atomic E-state index is 13.0. The fourth-order valence-corrected chi connectivity index (χ4v) is 3.85. The smallest absolute Gasteiger partial charge is 0.261 e. The molecule has 0 unspecified atom stereocenters. The highest BCUT2D eigenvalue weighted by Crippen LogP contribution is 2.27. The monoisotopic (exact) mass is 437 g/mol. The Hall–Kier alpha value is -4.52. The van der Waals surface area contributed by atoms with Gasteiger partial charge in [0.2, 0.25) is 0 Å². The molecule has 1 aliphatic heterocycles. The van der Waals surface area contributed by atoms with Crippen molar-refractivity contribution in [1.82, 2.24) is 9.88 Å². The molecule has 33 heavy (non-hydrogen) atoms. The Balaban J connectivity index is 1.36. The van der Waals surface area contributed by atoms with Gasteiger partial charge in [0.25, 0.3) is 17.7 Å². The molecule has 0 fully saturated rings. The second kappa shape index (κ2) is 8.55. The average Bonchev–Trinajstić information content (AvgIpc) is 3.44. The summed E-state index contributed by atoms with van der Waals surface area (Å²) in [6, 6.07) is 19.3. The number of fused-ring (bicyclic) bond motifs is 1. The molecule has 0 bridgehead atoms. The molecule has 0 saturated heterocycles. The van der Waals surface area contributed by atoms with Crippen LogP contribution in [0.1, 0.15) is 48.0 Å². The van der Waals surface area contributed by atoms with Crippen LogP contribution in [0.3, 0.4) is 0 Å². The summed E-state index contributed by atoms with van der Waals surface area (Å²) < 4.78 is 5.26. The molecule has 0 atom stereocenters. The van der Waals surface area contributed by atoms with Gasteiger partial charge in [0.1, 0.15) is 5.76 Å². The number of hydrogen-bond donors (Lipinski definition) is 1. The summed E-state index contributed by atoms with van der Waals surface area (Å²) in [5, 5.41) is 2.93. The number of nitrogens with zero attached hydrogens (tertiary/aromatic N) is 2. The van der Waals surface area contributed by atoms with Gasteiger partial charge in [-0.05, 0) is 53.6 Å². The van der Waals surface area contributed by atoms with Crippen molar-refractivity contribution in [2.45, 2.75) is 13.0 Å². The van der Waals surface area contributed by atoms with E-state index in [1.54, 1.807) is 30.6 Å². The molecule has 0 spiro atoms. The molecule has 4 aromatic rings. The van der Waals surface area contributed by atoms with E-state index in [2.05, 4.69) is 10.3 Å². The Morgan fingerprint density at radius 3 is 2.58 bits per heavy atom. The maximum absolute atomic E-state index is 13.0. The van der Waals surface area contributed by atoms with E-state index in [9.17, 15) is 14.4 Å². The zero-order valence-corrected chi connectivity index (χ0v) is 17.5. The molecule has 1 aliphatic rings. The number of para-hydroxylation sites is 1. The molecule has 3 heterocycles. The minimum absolute atomic E-state index is 0.0442. The number of anilines is 1. The third-order valence-corrected chi connectivity index (χ3v) is 5.51. The minimum atomic E-state index is -0.446. The van der Waals surface area contributed by atoms with Gasteiger partial charge < -0.3 is 9.73 Å². The molecule has 5 rings (SSSR count). The predicted octanol–water partition coefficient (Wildman–Crippen LogP) is 4.31. The van der Waals surface area contributed by atoms with Crippen molar-refractivity contribution >= 4 is 23.4 Å². The molecule has 0 radical (unpaired) electrons. The first kappa shape index (κ1) is 20.4. The van der Waals surface area contributed by atoms with Gasteiger partial charge in [0.15, 0.2) is 0 Å². The number of imide groups is 1. The summed E-state index contributed by atoms with van der Waals surface area (Å²) in [7, 11) is 0. The van der Waals surface area contributed by atoms with Crippen molar-refractivity contribution in [1.29, 1.82) is 0 Å². The number of nitrogens with one attached hydrogen (secondary N) is 1. The van der Waals surface area contributed by atoms with E-state index in [1.807, 2.05) is 36.4 Å². The van der Waals surface area contributed by atoms with E-state index < -0.39 is 11.8 Å². The number of benzene rings is 2. The Labute approximate surface area is 189 Å². The minimum Gasteiger partial charge on any atom is -0.467 e. The van der Waals surface area contributed by atoms with Crippen LogP contribution in [0.5, 0.6) is 0 Å². The number of carbonyl (C=O) groups is 3. The standard InChI is InChI=1S/C26H19N3O4/c30-24(28-23-8-2-1-6-18(23)13-17-5-3-11-27-15-17)19-9-10-21-22(14-19)26(32)29(25(21)31)16-20-7-4-12-33-20/h1-12,14-15H,13,16H2,(H,28,30). The van der Waals surface area contributed by atoms with E-state index in [0.29, 0.717) is 23.4 Å². The lowest BCUT2D eigenvalue weighted by Crippen LogP contribution is -2.28. The average molecular weight is 437 g/mol. The van der Waals surface area contributed by atoms with Crippen LogP contribution in [0.4, 0.5) is 5.69 Å². The van der Waals surface area contributed by atoms with Crippen LogP contribution in [0.25, 0.3) is 0 Å². The summed E-state index contributed by atoms with van der Waals surface area (Å²) in [6.45, 7) is 0.0442. The predicted molar refractivity (Wildman–Crippen MR) is 121 cm³/mol.